The van der Waals surface area contributed by atoms with Gasteiger partial charge in [0.25, 0.3) is 0 Å². The summed E-state index contributed by atoms with van der Waals surface area (Å²) in [7, 11) is -3.31. The number of carbonyl (C=O) groups is 1. The summed E-state index contributed by atoms with van der Waals surface area (Å²) >= 11 is 0. The van der Waals surface area contributed by atoms with Gasteiger partial charge in [0, 0.05) is 32.7 Å². The first-order chi connectivity index (χ1) is 10.9. The van der Waals surface area contributed by atoms with E-state index in [-0.39, 0.29) is 23.5 Å². The fraction of sp³-hybridized carbons (Fsp3) is 0.933. The average molecular weight is 345 g/mol. The van der Waals surface area contributed by atoms with E-state index < -0.39 is 10.0 Å². The molecular formula is C15H27N3O4S. The van der Waals surface area contributed by atoms with Crippen LogP contribution >= 0.6 is 0 Å². The highest BCUT2D eigenvalue weighted by molar-refractivity contribution is 7.89. The molecular weight excluding hydrogens is 318 g/mol. The molecule has 1 saturated carbocycles. The van der Waals surface area contributed by atoms with Crippen LogP contribution in [0.25, 0.3) is 0 Å². The fourth-order valence-electron chi connectivity index (χ4n) is 3.72. The lowest BCUT2D eigenvalue weighted by Gasteiger charge is -2.38. The number of hydrogen-bond acceptors (Lipinski definition) is 4. The third kappa shape index (κ3) is 3.64. The molecule has 3 rings (SSSR count). The molecule has 1 aliphatic carbocycles. The molecule has 1 N–H and O–H groups in total. The molecule has 1 spiro atoms. The zero-order chi connectivity index (χ0) is 16.5. The Bertz CT molecular complexity index is 539. The van der Waals surface area contributed by atoms with Crippen molar-refractivity contribution in [3.63, 3.8) is 0 Å². The molecule has 3 fully saturated rings. The maximum atomic E-state index is 12.6. The molecule has 0 aromatic rings. The van der Waals surface area contributed by atoms with E-state index in [9.17, 15) is 13.2 Å². The molecule has 0 bridgehead atoms. The van der Waals surface area contributed by atoms with Gasteiger partial charge in [-0.15, -0.1) is 0 Å². The van der Waals surface area contributed by atoms with Crippen molar-refractivity contribution < 1.29 is 17.9 Å². The predicted octanol–water partition coefficient (Wildman–Crippen LogP) is 0.765. The summed E-state index contributed by atoms with van der Waals surface area (Å²) in [5.41, 5.74) is -0.00285. The average Bonchev–Trinajstić information content (AvgIpc) is 2.91. The molecule has 2 saturated heterocycles. The molecule has 23 heavy (non-hydrogen) atoms. The number of nitrogens with zero attached hydrogens (tertiary/aromatic N) is 2. The Labute approximate surface area is 138 Å². The maximum Gasteiger partial charge on any atom is 0.317 e. The lowest BCUT2D eigenvalue weighted by molar-refractivity contribution is -0.0844. The van der Waals surface area contributed by atoms with E-state index in [1.807, 2.05) is 6.92 Å². The number of amides is 2. The van der Waals surface area contributed by atoms with Crippen LogP contribution in [0.5, 0.6) is 0 Å². The first kappa shape index (κ1) is 17.0. The summed E-state index contributed by atoms with van der Waals surface area (Å²) in [6.45, 7) is 4.09. The van der Waals surface area contributed by atoms with Crippen molar-refractivity contribution in [3.05, 3.63) is 0 Å². The Kier molecular flexibility index (Phi) is 4.85. The molecule has 8 heteroatoms. The van der Waals surface area contributed by atoms with Crippen molar-refractivity contribution in [2.45, 2.75) is 50.7 Å². The van der Waals surface area contributed by atoms with Gasteiger partial charge in [-0.1, -0.05) is 0 Å². The van der Waals surface area contributed by atoms with Crippen LogP contribution in [0.4, 0.5) is 4.79 Å². The van der Waals surface area contributed by atoms with Crippen molar-refractivity contribution in [3.8, 4) is 0 Å². The summed E-state index contributed by atoms with van der Waals surface area (Å²) in [4.78, 5) is 13.4. The van der Waals surface area contributed by atoms with Gasteiger partial charge >= 0.3 is 6.03 Å². The number of nitrogens with one attached hydrogen (secondary N) is 1. The van der Waals surface area contributed by atoms with Crippen molar-refractivity contribution >= 4 is 16.1 Å². The summed E-state index contributed by atoms with van der Waals surface area (Å²) in [6.07, 6.45) is 5.03. The SMILES string of the molecule is CCNC(=O)N1CCN(S(=O)(=O)CC2CCC3(CCC3)O2)CC1. The highest BCUT2D eigenvalue weighted by Crippen LogP contribution is 2.45. The summed E-state index contributed by atoms with van der Waals surface area (Å²) in [5.74, 6) is 0.0793. The van der Waals surface area contributed by atoms with Crippen LogP contribution in [0.2, 0.25) is 0 Å². The number of sulfonamides is 1. The van der Waals surface area contributed by atoms with Gasteiger partial charge in [-0.05, 0) is 39.0 Å². The number of piperazine rings is 1. The minimum Gasteiger partial charge on any atom is -0.371 e. The van der Waals surface area contributed by atoms with Crippen LogP contribution in [-0.2, 0) is 14.8 Å². The molecule has 1 atom stereocenters. The van der Waals surface area contributed by atoms with Crippen LogP contribution in [0.1, 0.15) is 39.0 Å². The Morgan fingerprint density at radius 2 is 1.91 bits per heavy atom. The van der Waals surface area contributed by atoms with Crippen molar-refractivity contribution in [1.82, 2.24) is 14.5 Å². The zero-order valence-corrected chi connectivity index (χ0v) is 14.6. The van der Waals surface area contributed by atoms with E-state index in [0.717, 1.165) is 25.7 Å². The molecule has 0 aromatic heterocycles. The Morgan fingerprint density at radius 3 is 2.43 bits per heavy atom. The molecule has 0 aromatic carbocycles. The van der Waals surface area contributed by atoms with Gasteiger partial charge in [0.15, 0.2) is 0 Å². The molecule has 2 amide bonds. The monoisotopic (exact) mass is 345 g/mol. The smallest absolute Gasteiger partial charge is 0.317 e. The second-order valence-electron chi connectivity index (χ2n) is 6.82. The standard InChI is InChI=1S/C15H27N3O4S/c1-2-16-14(19)17-8-10-18(11-9-17)23(20,21)12-13-4-7-15(22-13)5-3-6-15/h13H,2-12H2,1H3,(H,16,19). The predicted molar refractivity (Wildman–Crippen MR) is 86.7 cm³/mol. The number of ether oxygens (including phenoxy) is 1. The number of carbonyl (C=O) groups excluding carboxylic acids is 1. The minimum absolute atomic E-state index is 0.00285. The Morgan fingerprint density at radius 1 is 1.22 bits per heavy atom. The molecule has 132 valence electrons. The summed E-state index contributed by atoms with van der Waals surface area (Å²) < 4.78 is 32.7. The molecule has 0 radical (unpaired) electrons. The van der Waals surface area contributed by atoms with Crippen molar-refractivity contribution in [2.24, 2.45) is 0 Å². The van der Waals surface area contributed by atoms with Crippen molar-refractivity contribution in [2.75, 3.05) is 38.5 Å². The summed E-state index contributed by atoms with van der Waals surface area (Å²) in [5, 5.41) is 2.75. The lowest BCUT2D eigenvalue weighted by atomic mass is 9.78. The van der Waals surface area contributed by atoms with Gasteiger partial charge in [-0.25, -0.2) is 13.2 Å². The highest BCUT2D eigenvalue weighted by atomic mass is 32.2. The van der Waals surface area contributed by atoms with Gasteiger partial charge in [0.05, 0.1) is 17.5 Å². The van der Waals surface area contributed by atoms with Crippen LogP contribution in [0, 0.1) is 0 Å². The fourth-order valence-corrected chi connectivity index (χ4v) is 5.36. The van der Waals surface area contributed by atoms with Crippen LogP contribution in [0.3, 0.4) is 0 Å². The van der Waals surface area contributed by atoms with Crippen molar-refractivity contribution in [1.29, 1.82) is 0 Å². The van der Waals surface area contributed by atoms with E-state index in [1.54, 1.807) is 4.90 Å². The van der Waals surface area contributed by atoms with E-state index in [2.05, 4.69) is 5.32 Å². The first-order valence-corrected chi connectivity index (χ1v) is 10.2. The minimum atomic E-state index is -3.31. The van der Waals surface area contributed by atoms with E-state index in [4.69, 9.17) is 4.74 Å². The second-order valence-corrected chi connectivity index (χ2v) is 8.83. The third-order valence-electron chi connectivity index (χ3n) is 5.25. The first-order valence-electron chi connectivity index (χ1n) is 8.62. The summed E-state index contributed by atoms with van der Waals surface area (Å²) in [6, 6.07) is -0.115. The van der Waals surface area contributed by atoms with Crippen LogP contribution in [0.15, 0.2) is 0 Å². The quantitative estimate of drug-likeness (QED) is 0.816. The third-order valence-corrected chi connectivity index (χ3v) is 7.19. The lowest BCUT2D eigenvalue weighted by Crippen LogP contribution is -2.54. The maximum absolute atomic E-state index is 12.6. The molecule has 3 aliphatic rings. The van der Waals surface area contributed by atoms with E-state index in [0.29, 0.717) is 32.7 Å². The molecule has 1 unspecified atom stereocenters. The topological polar surface area (TPSA) is 79.0 Å². The van der Waals surface area contributed by atoms with E-state index in [1.165, 1.54) is 10.7 Å². The molecule has 2 aliphatic heterocycles. The molecule has 2 heterocycles. The van der Waals surface area contributed by atoms with Gasteiger partial charge < -0.3 is 15.0 Å². The Balaban J connectivity index is 1.50. The van der Waals surface area contributed by atoms with Gasteiger partial charge in [-0.2, -0.15) is 4.31 Å². The Hall–Kier alpha value is -0.860. The second kappa shape index (κ2) is 6.57. The number of urea groups is 1. The van der Waals surface area contributed by atoms with Gasteiger partial charge in [-0.3, -0.25) is 0 Å². The van der Waals surface area contributed by atoms with E-state index >= 15 is 0 Å². The number of hydrogen-bond donors (Lipinski definition) is 1. The van der Waals surface area contributed by atoms with Crippen LogP contribution < -0.4 is 5.32 Å². The van der Waals surface area contributed by atoms with Crippen LogP contribution in [-0.4, -0.2) is 73.8 Å². The zero-order valence-electron chi connectivity index (χ0n) is 13.8. The normalized spacial score (nSPS) is 27.9. The highest BCUT2D eigenvalue weighted by Gasteiger charge is 2.46. The number of rotatable bonds is 4. The largest absolute Gasteiger partial charge is 0.371 e. The van der Waals surface area contributed by atoms with Gasteiger partial charge in [0.1, 0.15) is 0 Å². The molecule has 7 nitrogen and oxygen atoms in total. The van der Waals surface area contributed by atoms with Gasteiger partial charge in [0.2, 0.25) is 10.0 Å².